The maximum atomic E-state index is 6.19. The van der Waals surface area contributed by atoms with Crippen molar-refractivity contribution < 1.29 is 9.47 Å². The van der Waals surface area contributed by atoms with E-state index in [1.54, 1.807) is 19.2 Å². The van der Waals surface area contributed by atoms with Gasteiger partial charge in [0.15, 0.2) is 11.5 Å². The van der Waals surface area contributed by atoms with E-state index in [0.29, 0.717) is 28.2 Å². The van der Waals surface area contributed by atoms with E-state index in [2.05, 4.69) is 4.99 Å². The third kappa shape index (κ3) is 5.03. The summed E-state index contributed by atoms with van der Waals surface area (Å²) in [6.45, 7) is 2.36. The first kappa shape index (κ1) is 19.3. The number of aryl methyl sites for hydroxylation is 1. The van der Waals surface area contributed by atoms with Crippen LogP contribution in [-0.4, -0.2) is 13.3 Å². The molecule has 0 heterocycles. The fraction of sp³-hybridized carbons (Fsp3) is 0.136. The molecule has 0 radical (unpaired) electrons. The topological polar surface area (TPSA) is 30.8 Å². The van der Waals surface area contributed by atoms with Crippen LogP contribution in [0.4, 0.5) is 5.69 Å². The lowest BCUT2D eigenvalue weighted by Gasteiger charge is -2.12. The molecule has 5 heteroatoms. The molecule has 0 unspecified atom stereocenters. The number of nitrogens with zero attached hydrogens (tertiary/aromatic N) is 1. The molecular formula is C22H19Cl2NO2. The molecule has 0 spiro atoms. The summed E-state index contributed by atoms with van der Waals surface area (Å²) in [4.78, 5) is 4.54. The number of methoxy groups -OCH3 is 1. The van der Waals surface area contributed by atoms with Gasteiger partial charge in [0.2, 0.25) is 0 Å². The molecule has 0 bridgehead atoms. The number of benzene rings is 3. The smallest absolute Gasteiger partial charge is 0.161 e. The summed E-state index contributed by atoms with van der Waals surface area (Å²) in [6, 6.07) is 19.0. The predicted molar refractivity (Wildman–Crippen MR) is 112 cm³/mol. The summed E-state index contributed by atoms with van der Waals surface area (Å²) in [5, 5.41) is 1.17. The van der Waals surface area contributed by atoms with Crippen LogP contribution in [-0.2, 0) is 6.61 Å². The zero-order valence-electron chi connectivity index (χ0n) is 15.1. The highest BCUT2D eigenvalue weighted by Gasteiger charge is 2.08. The molecule has 0 aliphatic carbocycles. The summed E-state index contributed by atoms with van der Waals surface area (Å²) >= 11 is 12.1. The van der Waals surface area contributed by atoms with Crippen molar-refractivity contribution in [1.82, 2.24) is 0 Å². The van der Waals surface area contributed by atoms with Crippen LogP contribution in [0.1, 0.15) is 16.7 Å². The van der Waals surface area contributed by atoms with E-state index in [4.69, 9.17) is 32.7 Å². The normalized spacial score (nSPS) is 11.0. The van der Waals surface area contributed by atoms with E-state index >= 15 is 0 Å². The number of aliphatic imine (C=N–C) groups is 1. The van der Waals surface area contributed by atoms with Gasteiger partial charge in [-0.05, 0) is 54.4 Å². The first-order valence-corrected chi connectivity index (χ1v) is 9.17. The van der Waals surface area contributed by atoms with Gasteiger partial charge >= 0.3 is 0 Å². The number of halogens is 2. The molecule has 0 aromatic heterocycles. The Hall–Kier alpha value is -2.49. The molecule has 27 heavy (non-hydrogen) atoms. The summed E-state index contributed by atoms with van der Waals surface area (Å²) in [5.74, 6) is 1.27. The van der Waals surface area contributed by atoms with Crippen LogP contribution in [0.3, 0.4) is 0 Å². The SMILES string of the molecule is COc1cc(C=Nc2ccccc2C)ccc1OCc1ccc(Cl)cc1Cl. The molecule has 0 saturated heterocycles. The molecule has 0 saturated carbocycles. The highest BCUT2D eigenvalue weighted by molar-refractivity contribution is 6.35. The number of ether oxygens (including phenoxy) is 2. The molecule has 0 fully saturated rings. The average molecular weight is 400 g/mol. The Morgan fingerprint density at radius 1 is 0.963 bits per heavy atom. The second kappa shape index (κ2) is 8.94. The maximum Gasteiger partial charge on any atom is 0.161 e. The van der Waals surface area contributed by atoms with E-state index in [9.17, 15) is 0 Å². The van der Waals surface area contributed by atoms with Gasteiger partial charge in [0.1, 0.15) is 6.61 Å². The molecule has 0 atom stereocenters. The van der Waals surface area contributed by atoms with Crippen molar-refractivity contribution in [2.75, 3.05) is 7.11 Å². The molecular weight excluding hydrogens is 381 g/mol. The van der Waals surface area contributed by atoms with Crippen LogP contribution in [0.15, 0.2) is 65.7 Å². The van der Waals surface area contributed by atoms with Gasteiger partial charge in [-0.2, -0.15) is 0 Å². The second-order valence-electron chi connectivity index (χ2n) is 5.98. The fourth-order valence-electron chi connectivity index (χ4n) is 2.53. The lowest BCUT2D eigenvalue weighted by Crippen LogP contribution is -1.99. The summed E-state index contributed by atoms with van der Waals surface area (Å²) < 4.78 is 11.3. The standard InChI is InChI=1S/C22H19Cl2NO2/c1-15-5-3-4-6-20(15)25-13-16-7-10-21(22(11-16)26-2)27-14-17-8-9-18(23)12-19(17)24/h3-13H,14H2,1-2H3. The van der Waals surface area contributed by atoms with E-state index < -0.39 is 0 Å². The van der Waals surface area contributed by atoms with Crippen LogP contribution in [0.5, 0.6) is 11.5 Å². The molecule has 3 aromatic carbocycles. The summed E-state index contributed by atoms with van der Waals surface area (Å²) in [6.07, 6.45) is 1.81. The van der Waals surface area contributed by atoms with Gasteiger partial charge in [0.05, 0.1) is 12.8 Å². The van der Waals surface area contributed by atoms with E-state index in [-0.39, 0.29) is 0 Å². The summed E-state index contributed by atoms with van der Waals surface area (Å²) in [5.41, 5.74) is 3.84. The minimum atomic E-state index is 0.322. The van der Waals surface area contributed by atoms with Gasteiger partial charge in [0.25, 0.3) is 0 Å². The molecule has 3 aromatic rings. The first-order chi connectivity index (χ1) is 13.1. The van der Waals surface area contributed by atoms with Crippen LogP contribution in [0.25, 0.3) is 0 Å². The van der Waals surface area contributed by atoms with Crippen LogP contribution in [0.2, 0.25) is 10.0 Å². The lowest BCUT2D eigenvalue weighted by molar-refractivity contribution is 0.284. The van der Waals surface area contributed by atoms with Crippen molar-refractivity contribution >= 4 is 35.1 Å². The summed E-state index contributed by atoms with van der Waals surface area (Å²) in [7, 11) is 1.61. The van der Waals surface area contributed by atoms with Gasteiger partial charge in [0, 0.05) is 21.8 Å². The van der Waals surface area contributed by atoms with Crippen LogP contribution < -0.4 is 9.47 Å². The minimum Gasteiger partial charge on any atom is -0.493 e. The molecule has 3 nitrogen and oxygen atoms in total. The van der Waals surface area contributed by atoms with E-state index in [1.165, 1.54) is 0 Å². The minimum absolute atomic E-state index is 0.322. The number of hydrogen-bond acceptors (Lipinski definition) is 3. The van der Waals surface area contributed by atoms with E-state index in [0.717, 1.165) is 22.4 Å². The fourth-order valence-corrected chi connectivity index (χ4v) is 2.99. The molecule has 0 aliphatic rings. The van der Waals surface area contributed by atoms with Gasteiger partial charge < -0.3 is 9.47 Å². The Kier molecular flexibility index (Phi) is 6.38. The highest BCUT2D eigenvalue weighted by Crippen LogP contribution is 2.30. The van der Waals surface area contributed by atoms with Gasteiger partial charge in [-0.25, -0.2) is 0 Å². The number of hydrogen-bond donors (Lipinski definition) is 0. The maximum absolute atomic E-state index is 6.19. The second-order valence-corrected chi connectivity index (χ2v) is 6.82. The van der Waals surface area contributed by atoms with Gasteiger partial charge in [-0.3, -0.25) is 4.99 Å². The van der Waals surface area contributed by atoms with Crippen molar-refractivity contribution in [2.45, 2.75) is 13.5 Å². The Bertz CT molecular complexity index is 970. The Morgan fingerprint density at radius 3 is 2.52 bits per heavy atom. The zero-order chi connectivity index (χ0) is 19.2. The molecule has 138 valence electrons. The zero-order valence-corrected chi connectivity index (χ0v) is 16.6. The van der Waals surface area contributed by atoms with Gasteiger partial charge in [-0.15, -0.1) is 0 Å². The molecule has 0 N–H and O–H groups in total. The third-order valence-electron chi connectivity index (χ3n) is 4.05. The quantitative estimate of drug-likeness (QED) is 0.434. The highest BCUT2D eigenvalue weighted by atomic mass is 35.5. The number of para-hydroxylation sites is 1. The predicted octanol–water partition coefficient (Wildman–Crippen LogP) is 6.64. The van der Waals surface area contributed by atoms with Crippen molar-refractivity contribution in [2.24, 2.45) is 4.99 Å². The average Bonchev–Trinajstić information content (AvgIpc) is 2.67. The third-order valence-corrected chi connectivity index (χ3v) is 4.64. The van der Waals surface area contributed by atoms with E-state index in [1.807, 2.05) is 61.7 Å². The van der Waals surface area contributed by atoms with Gasteiger partial charge in [-0.1, -0.05) is 47.5 Å². The number of rotatable bonds is 6. The van der Waals surface area contributed by atoms with Crippen molar-refractivity contribution in [1.29, 1.82) is 0 Å². The Labute approximate surface area is 169 Å². The van der Waals surface area contributed by atoms with Crippen LogP contribution in [0, 0.1) is 6.92 Å². The lowest BCUT2D eigenvalue weighted by atomic mass is 10.2. The molecule has 0 amide bonds. The Balaban J connectivity index is 1.75. The largest absolute Gasteiger partial charge is 0.493 e. The van der Waals surface area contributed by atoms with Crippen LogP contribution >= 0.6 is 23.2 Å². The monoisotopic (exact) mass is 399 g/mol. The molecule has 3 rings (SSSR count). The molecule has 0 aliphatic heterocycles. The van der Waals surface area contributed by atoms with Crippen molar-refractivity contribution in [3.8, 4) is 11.5 Å². The first-order valence-electron chi connectivity index (χ1n) is 8.41. The van der Waals surface area contributed by atoms with Crippen molar-refractivity contribution in [3.63, 3.8) is 0 Å². The van der Waals surface area contributed by atoms with Crippen molar-refractivity contribution in [3.05, 3.63) is 87.4 Å². The Morgan fingerprint density at radius 2 is 1.78 bits per heavy atom.